The van der Waals surface area contributed by atoms with E-state index in [-0.39, 0.29) is 0 Å². The summed E-state index contributed by atoms with van der Waals surface area (Å²) in [4.78, 5) is 9.78. The number of nitrogens with zero attached hydrogens (tertiary/aromatic N) is 4. The summed E-state index contributed by atoms with van der Waals surface area (Å²) in [6.07, 6.45) is 4.28. The highest BCUT2D eigenvalue weighted by Crippen LogP contribution is 2.19. The Morgan fingerprint density at radius 2 is 1.21 bits per heavy atom. The van der Waals surface area contributed by atoms with Crippen molar-refractivity contribution in [3.8, 4) is 11.4 Å². The van der Waals surface area contributed by atoms with Crippen LogP contribution in [0.15, 0.2) is 116 Å². The number of aromatic nitrogens is 4. The van der Waals surface area contributed by atoms with E-state index in [1.165, 1.54) is 5.56 Å². The van der Waals surface area contributed by atoms with Gasteiger partial charge in [-0.1, -0.05) is 66.7 Å². The molecule has 0 atom stereocenters. The van der Waals surface area contributed by atoms with Crippen molar-refractivity contribution in [3.05, 3.63) is 127 Å². The van der Waals surface area contributed by atoms with E-state index in [2.05, 4.69) is 100 Å². The molecule has 0 aliphatic carbocycles. The summed E-state index contributed by atoms with van der Waals surface area (Å²) in [7, 11) is 0. The first-order valence-electron chi connectivity index (χ1n) is 11.2. The van der Waals surface area contributed by atoms with Gasteiger partial charge in [-0.3, -0.25) is 0 Å². The predicted octanol–water partition coefficient (Wildman–Crippen LogP) is 5.64. The van der Waals surface area contributed by atoms with Crippen LogP contribution in [0.4, 0.5) is 0 Å². The molecule has 3 aromatic heterocycles. The molecule has 0 bridgehead atoms. The van der Waals surface area contributed by atoms with Gasteiger partial charge in [0.1, 0.15) is 25.5 Å². The quantitative estimate of drug-likeness (QED) is 0.334. The van der Waals surface area contributed by atoms with E-state index in [0.29, 0.717) is 13.1 Å². The van der Waals surface area contributed by atoms with Gasteiger partial charge >= 0.3 is 0 Å². The molecule has 0 spiro atoms. The lowest BCUT2D eigenvalue weighted by Gasteiger charge is -2.07. The van der Waals surface area contributed by atoms with Crippen LogP contribution < -0.4 is 4.57 Å². The number of imidazole rings is 1. The van der Waals surface area contributed by atoms with Gasteiger partial charge in [-0.2, -0.15) is 0 Å². The second-order valence-corrected chi connectivity index (χ2v) is 8.23. The van der Waals surface area contributed by atoms with Crippen LogP contribution in [0.3, 0.4) is 0 Å². The van der Waals surface area contributed by atoms with E-state index in [0.717, 1.165) is 39.0 Å². The lowest BCUT2D eigenvalue weighted by atomic mass is 10.2. The van der Waals surface area contributed by atoms with Crippen molar-refractivity contribution in [3.63, 3.8) is 0 Å². The molecule has 4 heteroatoms. The zero-order valence-electron chi connectivity index (χ0n) is 18.2. The van der Waals surface area contributed by atoms with Gasteiger partial charge in [-0.25, -0.2) is 19.1 Å². The molecule has 0 aliphatic heterocycles. The lowest BCUT2D eigenvalue weighted by molar-refractivity contribution is -0.677. The summed E-state index contributed by atoms with van der Waals surface area (Å²) in [6.45, 7) is 1.40. The van der Waals surface area contributed by atoms with Crippen molar-refractivity contribution in [2.24, 2.45) is 0 Å². The summed E-state index contributed by atoms with van der Waals surface area (Å²) in [5, 5.41) is 2.32. The Balaban J connectivity index is 1.39. The van der Waals surface area contributed by atoms with Crippen LogP contribution in [-0.4, -0.2) is 14.5 Å². The summed E-state index contributed by atoms with van der Waals surface area (Å²) in [6, 6.07) is 35.6. The van der Waals surface area contributed by atoms with Crippen molar-refractivity contribution in [1.82, 2.24) is 14.5 Å². The minimum atomic E-state index is 0.702. The summed E-state index contributed by atoms with van der Waals surface area (Å²) >= 11 is 0. The molecule has 33 heavy (non-hydrogen) atoms. The highest BCUT2D eigenvalue weighted by atomic mass is 15.2. The topological polar surface area (TPSA) is 34.6 Å². The fourth-order valence-corrected chi connectivity index (χ4v) is 4.38. The Hall–Kier alpha value is -4.31. The predicted molar refractivity (Wildman–Crippen MR) is 132 cm³/mol. The van der Waals surface area contributed by atoms with Gasteiger partial charge in [0.2, 0.25) is 0 Å². The highest BCUT2D eigenvalue weighted by Gasteiger charge is 2.21. The third-order valence-electron chi connectivity index (χ3n) is 5.98. The van der Waals surface area contributed by atoms with Gasteiger partial charge in [-0.15, -0.1) is 0 Å². The monoisotopic (exact) mass is 427 g/mol. The van der Waals surface area contributed by atoms with Gasteiger partial charge < -0.3 is 0 Å². The molecule has 6 rings (SSSR count). The van der Waals surface area contributed by atoms with Crippen LogP contribution in [0.2, 0.25) is 0 Å². The SMILES string of the molecule is c1ccc(-c2n(Cc3ccc4ccccc4n3)cc[n+]2Cc2ccc3ccccc3n2)cc1. The van der Waals surface area contributed by atoms with Crippen LogP contribution in [-0.2, 0) is 13.1 Å². The number of hydrogen-bond acceptors (Lipinski definition) is 2. The number of rotatable bonds is 5. The molecule has 0 aliphatic rings. The van der Waals surface area contributed by atoms with Crippen LogP contribution in [0.25, 0.3) is 33.2 Å². The Kier molecular flexibility index (Phi) is 4.89. The Labute approximate surface area is 192 Å². The third kappa shape index (κ3) is 3.87. The fraction of sp³-hybridized carbons (Fsp3) is 0.0690. The smallest absolute Gasteiger partial charge is 0.249 e. The first-order chi connectivity index (χ1) is 16.3. The van der Waals surface area contributed by atoms with Gasteiger partial charge in [0.05, 0.1) is 28.0 Å². The standard InChI is InChI=1S/C29H23N4/c1-2-10-24(11-3-1)29-32(20-25-16-14-22-8-4-6-12-27(22)30-25)18-19-33(29)21-26-17-15-23-9-5-7-13-28(23)31-26/h1-19H,20-21H2/q+1. The van der Waals surface area contributed by atoms with Crippen LogP contribution in [0.5, 0.6) is 0 Å². The molecule has 3 heterocycles. The minimum Gasteiger partial charge on any atom is -0.249 e. The summed E-state index contributed by atoms with van der Waals surface area (Å²) < 4.78 is 4.54. The van der Waals surface area contributed by atoms with E-state index in [9.17, 15) is 0 Å². The van der Waals surface area contributed by atoms with Crippen LogP contribution in [0, 0.1) is 0 Å². The fourth-order valence-electron chi connectivity index (χ4n) is 4.38. The van der Waals surface area contributed by atoms with Crippen molar-refractivity contribution >= 4 is 21.8 Å². The molecule has 3 aromatic carbocycles. The van der Waals surface area contributed by atoms with E-state index >= 15 is 0 Å². The summed E-state index contributed by atoms with van der Waals surface area (Å²) in [5.41, 5.74) is 5.30. The Morgan fingerprint density at radius 1 is 0.606 bits per heavy atom. The largest absolute Gasteiger partial charge is 0.289 e. The molecule has 4 nitrogen and oxygen atoms in total. The average molecular weight is 428 g/mol. The van der Waals surface area contributed by atoms with Crippen molar-refractivity contribution in [2.45, 2.75) is 13.1 Å². The maximum atomic E-state index is 4.89. The molecule has 0 N–H and O–H groups in total. The second-order valence-electron chi connectivity index (χ2n) is 8.23. The van der Waals surface area contributed by atoms with Crippen molar-refractivity contribution in [1.29, 1.82) is 0 Å². The number of fused-ring (bicyclic) bond motifs is 2. The number of para-hydroxylation sites is 2. The minimum absolute atomic E-state index is 0.702. The highest BCUT2D eigenvalue weighted by molar-refractivity contribution is 5.79. The van der Waals surface area contributed by atoms with Crippen molar-refractivity contribution in [2.75, 3.05) is 0 Å². The molecular weight excluding hydrogens is 404 g/mol. The lowest BCUT2D eigenvalue weighted by Crippen LogP contribution is -2.36. The van der Waals surface area contributed by atoms with Gasteiger partial charge in [0.15, 0.2) is 0 Å². The average Bonchev–Trinajstić information content (AvgIpc) is 3.26. The second kappa shape index (κ2) is 8.32. The number of benzene rings is 3. The molecule has 6 aromatic rings. The molecule has 0 saturated heterocycles. The maximum absolute atomic E-state index is 4.89. The molecule has 0 saturated carbocycles. The Morgan fingerprint density at radius 3 is 1.94 bits per heavy atom. The number of pyridine rings is 2. The zero-order chi connectivity index (χ0) is 22.0. The molecule has 0 unspecified atom stereocenters. The molecule has 0 radical (unpaired) electrons. The van der Waals surface area contributed by atoms with E-state index in [1.807, 2.05) is 24.3 Å². The molecular formula is C29H23N4+. The van der Waals surface area contributed by atoms with Crippen molar-refractivity contribution < 1.29 is 4.57 Å². The van der Waals surface area contributed by atoms with Gasteiger partial charge in [0.25, 0.3) is 5.82 Å². The molecule has 0 amide bonds. The van der Waals surface area contributed by atoms with Crippen LogP contribution in [0.1, 0.15) is 11.4 Å². The Bertz CT molecular complexity index is 1470. The van der Waals surface area contributed by atoms with E-state index in [1.54, 1.807) is 0 Å². The first kappa shape index (κ1) is 19.4. The summed E-state index contributed by atoms with van der Waals surface area (Å²) in [5.74, 6) is 1.14. The van der Waals surface area contributed by atoms with E-state index in [4.69, 9.17) is 9.97 Å². The van der Waals surface area contributed by atoms with E-state index < -0.39 is 0 Å². The van der Waals surface area contributed by atoms with Gasteiger partial charge in [-0.05, 0) is 36.4 Å². The molecule has 158 valence electrons. The van der Waals surface area contributed by atoms with Gasteiger partial charge in [0, 0.05) is 10.8 Å². The first-order valence-corrected chi connectivity index (χ1v) is 11.2. The third-order valence-corrected chi connectivity index (χ3v) is 5.98. The normalized spacial score (nSPS) is 11.3. The maximum Gasteiger partial charge on any atom is 0.289 e. The molecule has 0 fully saturated rings. The zero-order valence-corrected chi connectivity index (χ0v) is 18.2. The number of hydrogen-bond donors (Lipinski definition) is 0. The van der Waals surface area contributed by atoms with Crippen LogP contribution >= 0.6 is 0 Å².